The molecule has 11 heteroatoms. The average molecular weight is 431 g/mol. The van der Waals surface area contributed by atoms with Gasteiger partial charge in [0.2, 0.25) is 5.91 Å². The number of rotatable bonds is 5. The van der Waals surface area contributed by atoms with Gasteiger partial charge in [0.1, 0.15) is 17.8 Å². The predicted octanol–water partition coefficient (Wildman–Crippen LogP) is 0.908. The van der Waals surface area contributed by atoms with Gasteiger partial charge < -0.3 is 10.1 Å². The van der Waals surface area contributed by atoms with Crippen molar-refractivity contribution in [3.8, 4) is 5.75 Å². The third-order valence-electron chi connectivity index (χ3n) is 5.12. The molecular weight excluding hydrogens is 410 g/mol. The van der Waals surface area contributed by atoms with E-state index in [1.54, 1.807) is 16.8 Å². The van der Waals surface area contributed by atoms with Crippen LogP contribution in [0.2, 0.25) is 0 Å². The highest BCUT2D eigenvalue weighted by Gasteiger charge is 2.31. The van der Waals surface area contributed by atoms with Gasteiger partial charge in [0, 0.05) is 0 Å². The Bertz CT molecular complexity index is 1290. The number of benzene rings is 1. The molecular formula is C19H21N5O5S. The van der Waals surface area contributed by atoms with Gasteiger partial charge in [-0.05, 0) is 31.0 Å². The summed E-state index contributed by atoms with van der Waals surface area (Å²) >= 11 is 0. The van der Waals surface area contributed by atoms with E-state index in [2.05, 4.69) is 15.4 Å². The lowest BCUT2D eigenvalue weighted by Crippen LogP contribution is -2.29. The van der Waals surface area contributed by atoms with Crippen LogP contribution < -0.4 is 15.7 Å². The number of ether oxygens (including phenoxy) is 1. The molecule has 1 aliphatic rings. The minimum atomic E-state index is -3.10. The van der Waals surface area contributed by atoms with Crippen molar-refractivity contribution in [2.24, 2.45) is 0 Å². The molecule has 0 aliphatic carbocycles. The standard InChI is InChI=1S/C19H21N5O5S/c1-12-3-4-17(29-2)14(7-12)22-18(25)10-23-15-9-21-24(16(15)8-20-19(23)26)13-5-6-30(27,28)11-13/h3-4,7-9,13H,5-6,10-11H2,1-2H3,(H,22,25). The summed E-state index contributed by atoms with van der Waals surface area (Å²) in [7, 11) is -1.59. The topological polar surface area (TPSA) is 125 Å². The fraction of sp³-hybridized carbons (Fsp3) is 0.368. The van der Waals surface area contributed by atoms with Gasteiger partial charge in [-0.15, -0.1) is 0 Å². The molecule has 30 heavy (non-hydrogen) atoms. The molecule has 158 valence electrons. The SMILES string of the molecule is COc1ccc(C)cc1NC(=O)Cn1c(=O)ncc2c1cnn2C1CCS(=O)(=O)C1. The first-order chi connectivity index (χ1) is 14.3. The van der Waals surface area contributed by atoms with Crippen LogP contribution in [0.3, 0.4) is 0 Å². The Morgan fingerprint density at radius 2 is 2.10 bits per heavy atom. The normalized spacial score (nSPS) is 17.9. The summed E-state index contributed by atoms with van der Waals surface area (Å²) in [4.78, 5) is 28.8. The van der Waals surface area contributed by atoms with Crippen LogP contribution in [0.4, 0.5) is 5.69 Å². The lowest BCUT2D eigenvalue weighted by Gasteiger charge is -2.13. The zero-order valence-electron chi connectivity index (χ0n) is 16.5. The summed E-state index contributed by atoms with van der Waals surface area (Å²) in [5.74, 6) is 0.183. The molecule has 3 heterocycles. The Morgan fingerprint density at radius 3 is 2.80 bits per heavy atom. The third kappa shape index (κ3) is 3.80. The van der Waals surface area contributed by atoms with Gasteiger partial charge in [0.15, 0.2) is 9.84 Å². The van der Waals surface area contributed by atoms with Gasteiger partial charge in [-0.1, -0.05) is 6.07 Å². The minimum Gasteiger partial charge on any atom is -0.495 e. The number of fused-ring (bicyclic) bond motifs is 1. The van der Waals surface area contributed by atoms with E-state index in [1.165, 1.54) is 24.1 Å². The van der Waals surface area contributed by atoms with Crippen LogP contribution in [0.15, 0.2) is 35.4 Å². The largest absolute Gasteiger partial charge is 0.495 e. The minimum absolute atomic E-state index is 0.00343. The fourth-order valence-electron chi connectivity index (χ4n) is 3.65. The zero-order valence-corrected chi connectivity index (χ0v) is 17.3. The van der Waals surface area contributed by atoms with Crippen molar-refractivity contribution < 1.29 is 17.9 Å². The number of methoxy groups -OCH3 is 1. The van der Waals surface area contributed by atoms with Gasteiger partial charge in [-0.2, -0.15) is 10.1 Å². The number of sulfone groups is 1. The number of hydrogen-bond donors (Lipinski definition) is 1. The average Bonchev–Trinajstić information content (AvgIpc) is 3.27. The maximum atomic E-state index is 12.6. The van der Waals surface area contributed by atoms with E-state index in [0.29, 0.717) is 28.9 Å². The highest BCUT2D eigenvalue weighted by molar-refractivity contribution is 7.91. The Balaban J connectivity index is 1.63. The monoisotopic (exact) mass is 431 g/mol. The van der Waals surface area contributed by atoms with Gasteiger partial charge in [-0.25, -0.2) is 13.2 Å². The molecule has 1 fully saturated rings. The molecule has 10 nitrogen and oxygen atoms in total. The zero-order chi connectivity index (χ0) is 21.5. The second-order valence-electron chi connectivity index (χ2n) is 7.30. The van der Waals surface area contributed by atoms with Crippen molar-refractivity contribution in [2.45, 2.75) is 25.9 Å². The Labute approximate surface area is 172 Å². The molecule has 1 amide bonds. The van der Waals surface area contributed by atoms with E-state index in [9.17, 15) is 18.0 Å². The van der Waals surface area contributed by atoms with Gasteiger partial charge in [-0.3, -0.25) is 14.0 Å². The highest BCUT2D eigenvalue weighted by Crippen LogP contribution is 2.27. The number of aryl methyl sites for hydroxylation is 1. The summed E-state index contributed by atoms with van der Waals surface area (Å²) in [6.07, 6.45) is 3.28. The molecule has 2 aromatic heterocycles. The number of nitrogens with one attached hydrogen (secondary N) is 1. The first-order valence-electron chi connectivity index (χ1n) is 9.35. The summed E-state index contributed by atoms with van der Waals surface area (Å²) in [6.45, 7) is 1.62. The molecule has 1 aromatic carbocycles. The van der Waals surface area contributed by atoms with Crippen molar-refractivity contribution >= 4 is 32.5 Å². The Kier molecular flexibility index (Phi) is 5.06. The van der Waals surface area contributed by atoms with Crippen LogP contribution in [-0.4, -0.2) is 52.3 Å². The molecule has 1 unspecified atom stereocenters. The second kappa shape index (κ2) is 7.56. The maximum absolute atomic E-state index is 12.6. The maximum Gasteiger partial charge on any atom is 0.348 e. The molecule has 0 saturated carbocycles. The van der Waals surface area contributed by atoms with Crippen LogP contribution in [0.25, 0.3) is 11.0 Å². The first-order valence-corrected chi connectivity index (χ1v) is 11.2. The van der Waals surface area contributed by atoms with Crippen LogP contribution in [0, 0.1) is 6.92 Å². The number of aromatic nitrogens is 4. The van der Waals surface area contributed by atoms with E-state index < -0.39 is 21.4 Å². The number of carbonyl (C=O) groups excluding carboxylic acids is 1. The van der Waals surface area contributed by atoms with E-state index in [4.69, 9.17) is 4.74 Å². The van der Waals surface area contributed by atoms with E-state index in [-0.39, 0.29) is 24.1 Å². The van der Waals surface area contributed by atoms with E-state index >= 15 is 0 Å². The first kappa shape index (κ1) is 20.1. The van der Waals surface area contributed by atoms with Crippen LogP contribution in [-0.2, 0) is 21.2 Å². The quantitative estimate of drug-likeness (QED) is 0.636. The third-order valence-corrected chi connectivity index (χ3v) is 6.87. The van der Waals surface area contributed by atoms with Crippen molar-refractivity contribution in [3.05, 3.63) is 46.6 Å². The van der Waals surface area contributed by atoms with Crippen molar-refractivity contribution in [3.63, 3.8) is 0 Å². The van der Waals surface area contributed by atoms with E-state index in [0.717, 1.165) is 5.56 Å². The molecule has 4 rings (SSSR count). The lowest BCUT2D eigenvalue weighted by atomic mass is 10.2. The molecule has 0 bridgehead atoms. The number of anilines is 1. The summed E-state index contributed by atoms with van der Waals surface area (Å²) < 4.78 is 31.7. The van der Waals surface area contributed by atoms with Crippen molar-refractivity contribution in [1.29, 1.82) is 0 Å². The molecule has 1 aliphatic heterocycles. The van der Waals surface area contributed by atoms with Gasteiger partial charge in [0.25, 0.3) is 0 Å². The number of amides is 1. The lowest BCUT2D eigenvalue weighted by molar-refractivity contribution is -0.116. The van der Waals surface area contributed by atoms with Crippen LogP contribution in [0.5, 0.6) is 5.75 Å². The second-order valence-corrected chi connectivity index (χ2v) is 9.52. The number of nitrogens with zero attached hydrogens (tertiary/aromatic N) is 4. The van der Waals surface area contributed by atoms with Crippen LogP contribution >= 0.6 is 0 Å². The van der Waals surface area contributed by atoms with Crippen molar-refractivity contribution in [2.75, 3.05) is 23.9 Å². The molecule has 1 saturated heterocycles. The Hall–Kier alpha value is -3.21. The number of hydrogen-bond acceptors (Lipinski definition) is 7. The summed E-state index contributed by atoms with van der Waals surface area (Å²) in [6, 6.07) is 5.07. The number of carbonyl (C=O) groups is 1. The highest BCUT2D eigenvalue weighted by atomic mass is 32.2. The Morgan fingerprint density at radius 1 is 1.30 bits per heavy atom. The smallest absolute Gasteiger partial charge is 0.348 e. The van der Waals surface area contributed by atoms with Crippen molar-refractivity contribution in [1.82, 2.24) is 19.3 Å². The molecule has 0 radical (unpaired) electrons. The fourth-order valence-corrected chi connectivity index (χ4v) is 5.34. The molecule has 1 atom stereocenters. The van der Waals surface area contributed by atoms with Gasteiger partial charge in [0.05, 0.1) is 48.3 Å². The van der Waals surface area contributed by atoms with Crippen LogP contribution in [0.1, 0.15) is 18.0 Å². The van der Waals surface area contributed by atoms with Gasteiger partial charge >= 0.3 is 5.69 Å². The molecule has 1 N–H and O–H groups in total. The molecule has 0 spiro atoms. The summed E-state index contributed by atoms with van der Waals surface area (Å²) in [5, 5.41) is 7.03. The summed E-state index contributed by atoms with van der Waals surface area (Å²) in [5.41, 5.74) is 1.79. The van der Waals surface area contributed by atoms with E-state index in [1.807, 2.05) is 13.0 Å². The predicted molar refractivity (Wildman–Crippen MR) is 110 cm³/mol. The molecule has 3 aromatic rings.